The first-order valence-electron chi connectivity index (χ1n) is 8.28. The van der Waals surface area contributed by atoms with Gasteiger partial charge in [0.2, 0.25) is 0 Å². The van der Waals surface area contributed by atoms with Gasteiger partial charge >= 0.3 is 0 Å². The Kier molecular flexibility index (Phi) is 4.18. The summed E-state index contributed by atoms with van der Waals surface area (Å²) in [5.74, 6) is 0.278. The van der Waals surface area contributed by atoms with Gasteiger partial charge in [-0.05, 0) is 74.6 Å². The third-order valence-electron chi connectivity index (χ3n) is 4.93. The lowest BCUT2D eigenvalue weighted by Gasteiger charge is -2.14. The highest BCUT2D eigenvalue weighted by Crippen LogP contribution is 2.30. The fourth-order valence-electron chi connectivity index (χ4n) is 3.09. The summed E-state index contributed by atoms with van der Waals surface area (Å²) in [4.78, 5) is 4.67. The number of nitrogens with one attached hydrogen (secondary N) is 1. The molecule has 0 saturated heterocycles. The van der Waals surface area contributed by atoms with E-state index in [2.05, 4.69) is 43.2 Å². The van der Waals surface area contributed by atoms with Gasteiger partial charge in [0, 0.05) is 11.1 Å². The SMILES string of the molecule is Cc1ccc(NCc2ccc3c(C)cc(C)c(O)c3n2)c(C)c1C. The topological polar surface area (TPSA) is 45.1 Å². The Hall–Kier alpha value is -2.55. The van der Waals surface area contributed by atoms with Crippen molar-refractivity contribution in [1.82, 2.24) is 4.98 Å². The summed E-state index contributed by atoms with van der Waals surface area (Å²) in [5, 5.41) is 14.8. The summed E-state index contributed by atoms with van der Waals surface area (Å²) in [6, 6.07) is 10.3. The molecule has 0 aliphatic heterocycles. The molecule has 124 valence electrons. The molecule has 24 heavy (non-hydrogen) atoms. The molecule has 0 aliphatic rings. The standard InChI is InChI=1S/C21H24N2O/c1-12-6-9-19(16(5)15(12)4)22-11-17-7-8-18-13(2)10-14(3)21(24)20(18)23-17/h6-10,22,24H,11H2,1-5H3. The summed E-state index contributed by atoms with van der Waals surface area (Å²) >= 11 is 0. The molecule has 3 heteroatoms. The molecule has 0 unspecified atom stereocenters. The van der Waals surface area contributed by atoms with Gasteiger partial charge in [0.1, 0.15) is 11.3 Å². The average Bonchev–Trinajstić information content (AvgIpc) is 2.57. The number of nitrogens with zero attached hydrogens (tertiary/aromatic N) is 1. The van der Waals surface area contributed by atoms with Crippen molar-refractivity contribution in [3.8, 4) is 5.75 Å². The Balaban J connectivity index is 1.91. The lowest BCUT2D eigenvalue weighted by molar-refractivity contribution is 0.476. The third kappa shape index (κ3) is 2.82. The maximum Gasteiger partial charge on any atom is 0.144 e. The molecule has 3 aromatic rings. The summed E-state index contributed by atoms with van der Waals surface area (Å²) < 4.78 is 0. The number of aromatic nitrogens is 1. The second kappa shape index (κ2) is 6.16. The number of anilines is 1. The first-order valence-corrected chi connectivity index (χ1v) is 8.28. The molecule has 0 aliphatic carbocycles. The molecule has 0 fully saturated rings. The van der Waals surface area contributed by atoms with E-state index in [9.17, 15) is 5.11 Å². The van der Waals surface area contributed by atoms with E-state index in [1.165, 1.54) is 16.7 Å². The lowest BCUT2D eigenvalue weighted by atomic mass is 10.0. The van der Waals surface area contributed by atoms with E-state index >= 15 is 0 Å². The van der Waals surface area contributed by atoms with Crippen LogP contribution in [0.25, 0.3) is 10.9 Å². The van der Waals surface area contributed by atoms with Crippen LogP contribution >= 0.6 is 0 Å². The maximum absolute atomic E-state index is 10.3. The zero-order valence-corrected chi connectivity index (χ0v) is 15.0. The molecule has 3 rings (SSSR count). The summed E-state index contributed by atoms with van der Waals surface area (Å²) in [5.41, 5.74) is 8.62. The van der Waals surface area contributed by atoms with Gasteiger partial charge in [0.05, 0.1) is 12.2 Å². The Bertz CT molecular complexity index is 929. The Morgan fingerprint density at radius 3 is 2.38 bits per heavy atom. The zero-order valence-electron chi connectivity index (χ0n) is 15.0. The molecule has 2 aromatic carbocycles. The number of fused-ring (bicyclic) bond motifs is 1. The normalized spacial score (nSPS) is 11.0. The minimum atomic E-state index is 0.278. The molecular formula is C21H24N2O. The first kappa shape index (κ1) is 16.3. The Labute approximate surface area is 143 Å². The largest absolute Gasteiger partial charge is 0.505 e. The van der Waals surface area contributed by atoms with Crippen molar-refractivity contribution in [3.63, 3.8) is 0 Å². The van der Waals surface area contributed by atoms with Crippen LogP contribution in [-0.4, -0.2) is 10.1 Å². The van der Waals surface area contributed by atoms with Gasteiger partial charge in [0.25, 0.3) is 0 Å². The van der Waals surface area contributed by atoms with Crippen LogP contribution in [0.4, 0.5) is 5.69 Å². The summed E-state index contributed by atoms with van der Waals surface area (Å²) in [6.45, 7) is 11.0. The molecule has 3 nitrogen and oxygen atoms in total. The number of rotatable bonds is 3. The number of hydrogen-bond acceptors (Lipinski definition) is 3. The fourth-order valence-corrected chi connectivity index (χ4v) is 3.09. The fraction of sp³-hybridized carbons (Fsp3) is 0.286. The van der Waals surface area contributed by atoms with Crippen LogP contribution in [0, 0.1) is 34.6 Å². The van der Waals surface area contributed by atoms with Crippen molar-refractivity contribution < 1.29 is 5.11 Å². The van der Waals surface area contributed by atoms with Crippen molar-refractivity contribution >= 4 is 16.6 Å². The Morgan fingerprint density at radius 2 is 1.62 bits per heavy atom. The molecule has 1 aromatic heterocycles. The van der Waals surface area contributed by atoms with E-state index in [0.717, 1.165) is 27.9 Å². The predicted molar refractivity (Wildman–Crippen MR) is 101 cm³/mol. The van der Waals surface area contributed by atoms with Crippen LogP contribution in [-0.2, 0) is 6.54 Å². The summed E-state index contributed by atoms with van der Waals surface area (Å²) in [7, 11) is 0. The number of pyridine rings is 1. The molecule has 0 bridgehead atoms. The van der Waals surface area contributed by atoms with Crippen LogP contribution < -0.4 is 5.32 Å². The number of hydrogen-bond donors (Lipinski definition) is 2. The lowest BCUT2D eigenvalue weighted by Crippen LogP contribution is -2.04. The highest BCUT2D eigenvalue weighted by Gasteiger charge is 2.09. The van der Waals surface area contributed by atoms with E-state index < -0.39 is 0 Å². The minimum absolute atomic E-state index is 0.278. The van der Waals surface area contributed by atoms with Crippen molar-refractivity contribution in [1.29, 1.82) is 0 Å². The van der Waals surface area contributed by atoms with E-state index in [1.54, 1.807) is 0 Å². The van der Waals surface area contributed by atoms with Crippen LogP contribution in [0.15, 0.2) is 30.3 Å². The second-order valence-corrected chi connectivity index (χ2v) is 6.59. The van der Waals surface area contributed by atoms with Crippen molar-refractivity contribution in [3.05, 3.63) is 63.8 Å². The van der Waals surface area contributed by atoms with Crippen LogP contribution in [0.5, 0.6) is 5.75 Å². The highest BCUT2D eigenvalue weighted by molar-refractivity contribution is 5.88. The first-order chi connectivity index (χ1) is 11.4. The van der Waals surface area contributed by atoms with E-state index in [1.807, 2.05) is 32.0 Å². The van der Waals surface area contributed by atoms with Crippen LogP contribution in [0.1, 0.15) is 33.5 Å². The van der Waals surface area contributed by atoms with E-state index in [-0.39, 0.29) is 5.75 Å². The molecule has 0 spiro atoms. The van der Waals surface area contributed by atoms with Crippen LogP contribution in [0.2, 0.25) is 0 Å². The molecule has 0 amide bonds. The smallest absolute Gasteiger partial charge is 0.144 e. The number of benzene rings is 2. The predicted octanol–water partition coefficient (Wildman–Crippen LogP) is 5.09. The minimum Gasteiger partial charge on any atom is -0.505 e. The second-order valence-electron chi connectivity index (χ2n) is 6.59. The highest BCUT2D eigenvalue weighted by atomic mass is 16.3. The number of aryl methyl sites for hydroxylation is 3. The number of aromatic hydroxyl groups is 1. The van der Waals surface area contributed by atoms with Gasteiger partial charge in [-0.2, -0.15) is 0 Å². The van der Waals surface area contributed by atoms with Gasteiger partial charge in [-0.25, -0.2) is 4.98 Å². The third-order valence-corrected chi connectivity index (χ3v) is 4.93. The van der Waals surface area contributed by atoms with Gasteiger partial charge in [-0.3, -0.25) is 0 Å². The maximum atomic E-state index is 10.3. The molecule has 0 saturated carbocycles. The van der Waals surface area contributed by atoms with Gasteiger partial charge < -0.3 is 10.4 Å². The number of phenols is 1. The Morgan fingerprint density at radius 1 is 0.875 bits per heavy atom. The van der Waals surface area contributed by atoms with Gasteiger partial charge in [-0.1, -0.05) is 18.2 Å². The van der Waals surface area contributed by atoms with Gasteiger partial charge in [0.15, 0.2) is 0 Å². The molecular weight excluding hydrogens is 296 g/mol. The van der Waals surface area contributed by atoms with E-state index in [0.29, 0.717) is 12.1 Å². The zero-order chi connectivity index (χ0) is 17.4. The van der Waals surface area contributed by atoms with E-state index in [4.69, 9.17) is 0 Å². The van der Waals surface area contributed by atoms with Crippen molar-refractivity contribution in [2.45, 2.75) is 41.2 Å². The summed E-state index contributed by atoms with van der Waals surface area (Å²) in [6.07, 6.45) is 0. The molecule has 0 radical (unpaired) electrons. The van der Waals surface area contributed by atoms with Crippen LogP contribution in [0.3, 0.4) is 0 Å². The van der Waals surface area contributed by atoms with Crippen molar-refractivity contribution in [2.24, 2.45) is 0 Å². The quantitative estimate of drug-likeness (QED) is 0.706. The average molecular weight is 320 g/mol. The molecule has 0 atom stereocenters. The molecule has 2 N–H and O–H groups in total. The van der Waals surface area contributed by atoms with Crippen molar-refractivity contribution in [2.75, 3.05) is 5.32 Å². The monoisotopic (exact) mass is 320 g/mol. The van der Waals surface area contributed by atoms with Gasteiger partial charge in [-0.15, -0.1) is 0 Å². The number of phenolic OH excluding ortho intramolecular Hbond substituents is 1. The molecule has 1 heterocycles.